The molecule has 0 saturated carbocycles. The van der Waals surface area contributed by atoms with Gasteiger partial charge in [-0.1, -0.05) is 18.2 Å². The molecule has 2 rings (SSSR count). The number of aromatic nitrogens is 1. The number of pyridine rings is 1. The van der Waals surface area contributed by atoms with E-state index in [0.717, 1.165) is 10.9 Å². The molecule has 1 aromatic heterocycles. The highest BCUT2D eigenvalue weighted by Crippen LogP contribution is 2.12. The minimum absolute atomic E-state index is 0.00794. The number of benzene rings is 1. The number of esters is 1. The summed E-state index contributed by atoms with van der Waals surface area (Å²) in [7, 11) is 3.01. The van der Waals surface area contributed by atoms with Gasteiger partial charge in [0.2, 0.25) is 0 Å². The number of para-hydroxylation sites is 1. The lowest BCUT2D eigenvalue weighted by atomic mass is 10.1. The molecule has 1 aromatic carbocycles. The van der Waals surface area contributed by atoms with Gasteiger partial charge in [-0.2, -0.15) is 0 Å². The minimum atomic E-state index is -0.405. The van der Waals surface area contributed by atoms with Crippen LogP contribution in [-0.4, -0.2) is 17.6 Å². The van der Waals surface area contributed by atoms with Crippen LogP contribution in [0.4, 0.5) is 0 Å². The standard InChI is InChI=1S/C13H13NO3/c1-14-11-6-4-3-5-9(11)7-10(13(14)16)8-12(15)17-2/h3-7H,8H2,1-2H3. The van der Waals surface area contributed by atoms with Crippen LogP contribution in [0.1, 0.15) is 5.56 Å². The van der Waals surface area contributed by atoms with Crippen molar-refractivity contribution in [2.45, 2.75) is 6.42 Å². The third-order valence-electron chi connectivity index (χ3n) is 2.77. The quantitative estimate of drug-likeness (QED) is 0.731. The zero-order valence-corrected chi connectivity index (χ0v) is 9.77. The molecule has 0 unspecified atom stereocenters. The largest absolute Gasteiger partial charge is 0.469 e. The molecule has 0 spiro atoms. The fourth-order valence-electron chi connectivity index (χ4n) is 1.84. The average molecular weight is 231 g/mol. The minimum Gasteiger partial charge on any atom is -0.469 e. The van der Waals surface area contributed by atoms with E-state index >= 15 is 0 Å². The van der Waals surface area contributed by atoms with Crippen molar-refractivity contribution in [1.82, 2.24) is 4.57 Å². The van der Waals surface area contributed by atoms with Gasteiger partial charge in [-0.25, -0.2) is 0 Å². The second kappa shape index (κ2) is 4.41. The summed E-state index contributed by atoms with van der Waals surface area (Å²) in [5.74, 6) is -0.405. The van der Waals surface area contributed by atoms with Crippen molar-refractivity contribution in [3.05, 3.63) is 46.2 Å². The molecule has 88 valence electrons. The van der Waals surface area contributed by atoms with Gasteiger partial charge < -0.3 is 9.30 Å². The summed E-state index contributed by atoms with van der Waals surface area (Å²) >= 11 is 0. The van der Waals surface area contributed by atoms with Crippen molar-refractivity contribution in [2.75, 3.05) is 7.11 Å². The number of rotatable bonds is 2. The second-order valence-corrected chi connectivity index (χ2v) is 3.85. The van der Waals surface area contributed by atoms with Gasteiger partial charge in [-0.05, 0) is 17.5 Å². The Morgan fingerprint density at radius 3 is 2.76 bits per heavy atom. The molecule has 17 heavy (non-hydrogen) atoms. The second-order valence-electron chi connectivity index (χ2n) is 3.85. The molecule has 2 aromatic rings. The van der Waals surface area contributed by atoms with E-state index in [-0.39, 0.29) is 12.0 Å². The SMILES string of the molecule is COC(=O)Cc1cc2ccccc2n(C)c1=O. The highest BCUT2D eigenvalue weighted by atomic mass is 16.5. The maximum absolute atomic E-state index is 12.0. The first kappa shape index (κ1) is 11.4. The molecule has 1 heterocycles. The van der Waals surface area contributed by atoms with Crippen molar-refractivity contribution in [1.29, 1.82) is 0 Å². The van der Waals surface area contributed by atoms with Gasteiger partial charge in [-0.3, -0.25) is 9.59 Å². The molecule has 0 bridgehead atoms. The van der Waals surface area contributed by atoms with E-state index in [4.69, 9.17) is 0 Å². The molecular formula is C13H13NO3. The van der Waals surface area contributed by atoms with Gasteiger partial charge >= 0.3 is 5.97 Å². The molecule has 0 amide bonds. The summed E-state index contributed by atoms with van der Waals surface area (Å²) in [5.41, 5.74) is 1.15. The van der Waals surface area contributed by atoms with Crippen molar-refractivity contribution in [3.8, 4) is 0 Å². The first-order valence-corrected chi connectivity index (χ1v) is 5.28. The molecule has 0 aliphatic rings. The predicted octanol–water partition coefficient (Wildman–Crippen LogP) is 1.25. The molecule has 0 saturated heterocycles. The lowest BCUT2D eigenvalue weighted by molar-refractivity contribution is -0.139. The number of carbonyl (C=O) groups is 1. The third-order valence-corrected chi connectivity index (χ3v) is 2.77. The maximum Gasteiger partial charge on any atom is 0.310 e. The first-order valence-electron chi connectivity index (χ1n) is 5.28. The van der Waals surface area contributed by atoms with Gasteiger partial charge in [0, 0.05) is 12.6 Å². The number of hydrogen-bond donors (Lipinski definition) is 0. The lowest BCUT2D eigenvalue weighted by Crippen LogP contribution is -2.23. The zero-order chi connectivity index (χ0) is 12.4. The zero-order valence-electron chi connectivity index (χ0n) is 9.77. The molecule has 0 radical (unpaired) electrons. The average Bonchev–Trinajstić information content (AvgIpc) is 2.35. The topological polar surface area (TPSA) is 48.3 Å². The van der Waals surface area contributed by atoms with Crippen molar-refractivity contribution >= 4 is 16.9 Å². The predicted molar refractivity (Wildman–Crippen MR) is 64.9 cm³/mol. The van der Waals surface area contributed by atoms with Crippen LogP contribution in [0.15, 0.2) is 35.1 Å². The summed E-state index contributed by atoms with van der Waals surface area (Å²) in [5, 5.41) is 0.938. The van der Waals surface area contributed by atoms with Crippen LogP contribution in [0.5, 0.6) is 0 Å². The first-order chi connectivity index (χ1) is 8.13. The van der Waals surface area contributed by atoms with Crippen LogP contribution in [0.25, 0.3) is 10.9 Å². The van der Waals surface area contributed by atoms with Crippen LogP contribution in [0.3, 0.4) is 0 Å². The fraction of sp³-hybridized carbons (Fsp3) is 0.231. The number of nitrogens with zero attached hydrogens (tertiary/aromatic N) is 1. The van der Waals surface area contributed by atoms with E-state index in [0.29, 0.717) is 5.56 Å². The lowest BCUT2D eigenvalue weighted by Gasteiger charge is -2.07. The number of aryl methyl sites for hydroxylation is 1. The molecule has 4 nitrogen and oxygen atoms in total. The number of carbonyl (C=O) groups excluding carboxylic acids is 1. The molecule has 0 aliphatic heterocycles. The molecule has 0 aliphatic carbocycles. The smallest absolute Gasteiger partial charge is 0.310 e. The van der Waals surface area contributed by atoms with Gasteiger partial charge in [0.1, 0.15) is 0 Å². The van der Waals surface area contributed by atoms with Crippen molar-refractivity contribution in [3.63, 3.8) is 0 Å². The Labute approximate surface area is 98.4 Å². The van der Waals surface area contributed by atoms with Gasteiger partial charge in [0.25, 0.3) is 5.56 Å². The third kappa shape index (κ3) is 2.06. The van der Waals surface area contributed by atoms with Crippen LogP contribution in [0.2, 0.25) is 0 Å². The summed E-state index contributed by atoms with van der Waals surface area (Å²) in [6.07, 6.45) is 0.00794. The van der Waals surface area contributed by atoms with E-state index in [9.17, 15) is 9.59 Å². The number of methoxy groups -OCH3 is 1. The summed E-state index contributed by atoms with van der Waals surface area (Å²) in [4.78, 5) is 23.2. The Morgan fingerprint density at radius 1 is 1.35 bits per heavy atom. The van der Waals surface area contributed by atoms with Gasteiger partial charge in [0.15, 0.2) is 0 Å². The Balaban J connectivity index is 2.62. The van der Waals surface area contributed by atoms with E-state index in [1.807, 2.05) is 24.3 Å². The number of fused-ring (bicyclic) bond motifs is 1. The van der Waals surface area contributed by atoms with Crippen LogP contribution >= 0.6 is 0 Å². The number of hydrogen-bond acceptors (Lipinski definition) is 3. The molecule has 0 fully saturated rings. The Kier molecular flexibility index (Phi) is 2.95. The molecular weight excluding hydrogens is 218 g/mol. The van der Waals surface area contributed by atoms with Crippen LogP contribution < -0.4 is 5.56 Å². The Bertz CT molecular complexity index is 628. The van der Waals surface area contributed by atoms with Gasteiger partial charge in [-0.15, -0.1) is 0 Å². The molecule has 0 N–H and O–H groups in total. The molecule has 4 heteroatoms. The summed E-state index contributed by atoms with van der Waals surface area (Å²) < 4.78 is 6.12. The summed E-state index contributed by atoms with van der Waals surface area (Å²) in [6.45, 7) is 0. The monoisotopic (exact) mass is 231 g/mol. The number of ether oxygens (including phenoxy) is 1. The normalized spacial score (nSPS) is 10.5. The highest BCUT2D eigenvalue weighted by Gasteiger charge is 2.10. The Morgan fingerprint density at radius 2 is 2.06 bits per heavy atom. The van der Waals surface area contributed by atoms with Crippen LogP contribution in [-0.2, 0) is 23.0 Å². The fourth-order valence-corrected chi connectivity index (χ4v) is 1.84. The van der Waals surface area contributed by atoms with Gasteiger partial charge in [0.05, 0.1) is 19.0 Å². The van der Waals surface area contributed by atoms with E-state index < -0.39 is 5.97 Å². The van der Waals surface area contributed by atoms with E-state index in [1.54, 1.807) is 17.7 Å². The van der Waals surface area contributed by atoms with Crippen molar-refractivity contribution in [2.24, 2.45) is 7.05 Å². The van der Waals surface area contributed by atoms with Crippen molar-refractivity contribution < 1.29 is 9.53 Å². The Hall–Kier alpha value is -2.10. The highest BCUT2D eigenvalue weighted by molar-refractivity contribution is 5.81. The van der Waals surface area contributed by atoms with E-state index in [1.165, 1.54) is 7.11 Å². The van der Waals surface area contributed by atoms with Crippen LogP contribution in [0, 0.1) is 0 Å². The molecule has 0 atom stereocenters. The van der Waals surface area contributed by atoms with E-state index in [2.05, 4.69) is 4.74 Å². The maximum atomic E-state index is 12.0. The summed E-state index contributed by atoms with van der Waals surface area (Å²) in [6, 6.07) is 9.30.